The van der Waals surface area contributed by atoms with Crippen molar-refractivity contribution in [2.24, 2.45) is 0 Å². The maximum atomic E-state index is 14.4. The van der Waals surface area contributed by atoms with Gasteiger partial charge < -0.3 is 24.3 Å². The Hall–Kier alpha value is -1.50. The van der Waals surface area contributed by atoms with E-state index in [1.807, 2.05) is 22.6 Å². The standard InChI is InChI=1S/C16H23FINO8/c1-7(20)19-13-14(26-9(3)22)11(17)6-24-16(13)15(27-10(4)23)12(5-18)25-8(2)21/h11-16H,5-6H2,1-4H3,(H,19,20)/t11-,12+,13+,14-,15+,16+/m0/s1. The molecule has 0 aromatic heterocycles. The second kappa shape index (κ2) is 10.7. The Kier molecular flexibility index (Phi) is 9.36. The van der Waals surface area contributed by atoms with E-state index in [4.69, 9.17) is 18.9 Å². The molecule has 1 saturated heterocycles. The monoisotopic (exact) mass is 503 g/mol. The van der Waals surface area contributed by atoms with E-state index >= 15 is 0 Å². The minimum Gasteiger partial charge on any atom is -0.458 e. The van der Waals surface area contributed by atoms with Crippen LogP contribution in [0.15, 0.2) is 0 Å². The molecule has 27 heavy (non-hydrogen) atoms. The number of ether oxygens (including phenoxy) is 4. The fourth-order valence-corrected chi connectivity index (χ4v) is 3.48. The maximum absolute atomic E-state index is 14.4. The van der Waals surface area contributed by atoms with Crippen LogP contribution in [0.25, 0.3) is 0 Å². The van der Waals surface area contributed by atoms with Gasteiger partial charge in [-0.15, -0.1) is 0 Å². The van der Waals surface area contributed by atoms with Crippen LogP contribution in [-0.4, -0.2) is 71.5 Å². The summed E-state index contributed by atoms with van der Waals surface area (Å²) >= 11 is 1.93. The summed E-state index contributed by atoms with van der Waals surface area (Å²) in [7, 11) is 0. The summed E-state index contributed by atoms with van der Waals surface area (Å²) in [6.07, 6.45) is -6.22. The lowest BCUT2D eigenvalue weighted by Crippen LogP contribution is -2.65. The largest absolute Gasteiger partial charge is 0.458 e. The molecule has 1 heterocycles. The van der Waals surface area contributed by atoms with Crippen molar-refractivity contribution in [3.63, 3.8) is 0 Å². The van der Waals surface area contributed by atoms with E-state index in [-0.39, 0.29) is 4.43 Å². The normalized spacial score (nSPS) is 27.0. The van der Waals surface area contributed by atoms with Gasteiger partial charge in [-0.2, -0.15) is 0 Å². The first-order valence-corrected chi connectivity index (χ1v) is 9.69. The minimum absolute atomic E-state index is 0.235. The lowest BCUT2D eigenvalue weighted by Gasteiger charge is -2.43. The molecule has 1 amide bonds. The number of halogens is 2. The molecule has 1 N–H and O–H groups in total. The third-order valence-corrected chi connectivity index (χ3v) is 4.51. The number of amides is 1. The minimum atomic E-state index is -1.70. The van der Waals surface area contributed by atoms with Gasteiger partial charge in [0.25, 0.3) is 0 Å². The van der Waals surface area contributed by atoms with Crippen molar-refractivity contribution in [1.29, 1.82) is 0 Å². The van der Waals surface area contributed by atoms with Gasteiger partial charge in [-0.3, -0.25) is 19.2 Å². The van der Waals surface area contributed by atoms with Crippen molar-refractivity contribution in [1.82, 2.24) is 5.32 Å². The van der Waals surface area contributed by atoms with Crippen LogP contribution >= 0.6 is 22.6 Å². The first-order valence-electron chi connectivity index (χ1n) is 8.17. The first kappa shape index (κ1) is 23.5. The Morgan fingerprint density at radius 3 is 2.15 bits per heavy atom. The van der Waals surface area contributed by atoms with Crippen molar-refractivity contribution >= 4 is 46.4 Å². The fraction of sp³-hybridized carbons (Fsp3) is 0.750. The van der Waals surface area contributed by atoms with Gasteiger partial charge in [-0.1, -0.05) is 22.6 Å². The third-order valence-electron chi connectivity index (χ3n) is 3.65. The molecule has 1 aliphatic rings. The van der Waals surface area contributed by atoms with E-state index in [0.717, 1.165) is 13.8 Å². The number of hydrogen-bond donors (Lipinski definition) is 1. The maximum Gasteiger partial charge on any atom is 0.303 e. The topological polar surface area (TPSA) is 117 Å². The molecule has 0 aromatic carbocycles. The van der Waals surface area contributed by atoms with Gasteiger partial charge in [0, 0.05) is 32.1 Å². The number of hydrogen-bond acceptors (Lipinski definition) is 8. The Balaban J connectivity index is 3.27. The molecule has 0 unspecified atom stereocenters. The Labute approximate surface area is 169 Å². The molecular weight excluding hydrogens is 480 g/mol. The van der Waals surface area contributed by atoms with Crippen LogP contribution in [0.5, 0.6) is 0 Å². The van der Waals surface area contributed by atoms with E-state index in [2.05, 4.69) is 5.32 Å². The number of rotatable bonds is 7. The number of carbonyl (C=O) groups is 4. The van der Waals surface area contributed by atoms with Crippen molar-refractivity contribution < 1.29 is 42.5 Å². The summed E-state index contributed by atoms with van der Waals surface area (Å²) in [6, 6.07) is -1.15. The number of alkyl halides is 2. The van der Waals surface area contributed by atoms with Gasteiger partial charge in [0.05, 0.1) is 12.6 Å². The molecule has 0 radical (unpaired) electrons. The second-order valence-corrected chi connectivity index (χ2v) is 6.87. The predicted octanol–water partition coefficient (Wildman–Crippen LogP) is 0.458. The van der Waals surface area contributed by atoms with Crippen molar-refractivity contribution in [2.75, 3.05) is 11.0 Å². The van der Waals surface area contributed by atoms with Gasteiger partial charge in [-0.25, -0.2) is 4.39 Å². The van der Waals surface area contributed by atoms with Crippen LogP contribution < -0.4 is 5.32 Å². The van der Waals surface area contributed by atoms with Crippen LogP contribution in [0.3, 0.4) is 0 Å². The van der Waals surface area contributed by atoms with Crippen molar-refractivity contribution in [2.45, 2.75) is 64.3 Å². The van der Waals surface area contributed by atoms with Crippen LogP contribution in [0, 0.1) is 0 Å². The van der Waals surface area contributed by atoms with Crippen molar-refractivity contribution in [3.05, 3.63) is 0 Å². The third kappa shape index (κ3) is 7.20. The zero-order chi connectivity index (χ0) is 20.7. The average Bonchev–Trinajstić information content (AvgIpc) is 2.53. The highest BCUT2D eigenvalue weighted by atomic mass is 127. The van der Waals surface area contributed by atoms with Gasteiger partial charge in [0.15, 0.2) is 24.5 Å². The summed E-state index contributed by atoms with van der Waals surface area (Å²) in [6.45, 7) is 4.20. The molecule has 1 rings (SSSR count). The molecule has 0 aliphatic carbocycles. The second-order valence-electron chi connectivity index (χ2n) is 5.99. The van der Waals surface area contributed by atoms with E-state index in [9.17, 15) is 23.6 Å². The quantitative estimate of drug-likeness (QED) is 0.231. The summed E-state index contributed by atoms with van der Waals surface area (Å²) in [5.74, 6) is -2.56. The number of nitrogens with one attached hydrogen (secondary N) is 1. The van der Waals surface area contributed by atoms with Gasteiger partial charge in [-0.05, 0) is 0 Å². The van der Waals surface area contributed by atoms with Crippen molar-refractivity contribution in [3.8, 4) is 0 Å². The number of carbonyl (C=O) groups excluding carboxylic acids is 4. The molecule has 1 aliphatic heterocycles. The highest BCUT2D eigenvalue weighted by Gasteiger charge is 2.50. The highest BCUT2D eigenvalue weighted by Crippen LogP contribution is 2.27. The van der Waals surface area contributed by atoms with Gasteiger partial charge in [0.2, 0.25) is 5.91 Å². The van der Waals surface area contributed by atoms with E-state index < -0.39 is 67.1 Å². The molecule has 0 spiro atoms. The summed E-state index contributed by atoms with van der Waals surface area (Å²) in [5.41, 5.74) is 0. The zero-order valence-corrected chi connectivity index (χ0v) is 17.6. The first-order chi connectivity index (χ1) is 12.6. The molecule has 6 atom stereocenters. The molecule has 0 saturated carbocycles. The van der Waals surface area contributed by atoms with E-state index in [0.29, 0.717) is 0 Å². The molecule has 0 bridgehead atoms. The fourth-order valence-electron chi connectivity index (χ4n) is 2.80. The van der Waals surface area contributed by atoms with Gasteiger partial charge >= 0.3 is 17.9 Å². The predicted molar refractivity (Wildman–Crippen MR) is 97.8 cm³/mol. The van der Waals surface area contributed by atoms with E-state index in [1.54, 1.807) is 0 Å². The van der Waals surface area contributed by atoms with Crippen LogP contribution in [0.4, 0.5) is 4.39 Å². The smallest absolute Gasteiger partial charge is 0.303 e. The lowest BCUT2D eigenvalue weighted by atomic mass is 9.91. The number of esters is 3. The highest BCUT2D eigenvalue weighted by molar-refractivity contribution is 14.1. The molecule has 0 aromatic rings. The average molecular weight is 503 g/mol. The summed E-state index contributed by atoms with van der Waals surface area (Å²) in [5, 5.41) is 2.49. The Morgan fingerprint density at radius 2 is 1.70 bits per heavy atom. The summed E-state index contributed by atoms with van der Waals surface area (Å²) < 4.78 is 35.6. The van der Waals surface area contributed by atoms with Crippen LogP contribution in [-0.2, 0) is 38.1 Å². The Bertz CT molecular complexity index is 557. The Morgan fingerprint density at radius 1 is 1.11 bits per heavy atom. The summed E-state index contributed by atoms with van der Waals surface area (Å²) in [4.78, 5) is 46.0. The molecule has 154 valence electrons. The molecule has 11 heteroatoms. The van der Waals surface area contributed by atoms with Crippen LogP contribution in [0.2, 0.25) is 0 Å². The lowest BCUT2D eigenvalue weighted by molar-refractivity contribution is -0.204. The van der Waals surface area contributed by atoms with E-state index in [1.165, 1.54) is 13.8 Å². The van der Waals surface area contributed by atoms with Crippen LogP contribution in [0.1, 0.15) is 27.7 Å². The molecule has 9 nitrogen and oxygen atoms in total. The molecule has 1 fully saturated rings. The van der Waals surface area contributed by atoms with Gasteiger partial charge in [0.1, 0.15) is 6.10 Å². The SMILES string of the molecule is CC(=O)N[C@H]1[C@H]([C@H](OC(C)=O)[C@@H](CI)OC(C)=O)OC[C@H](F)[C@@H]1OC(C)=O. The molecular formula is C16H23FINO8. The zero-order valence-electron chi connectivity index (χ0n) is 15.4.